The van der Waals surface area contributed by atoms with Crippen molar-refractivity contribution >= 4 is 30.8 Å². The van der Waals surface area contributed by atoms with Gasteiger partial charge in [-0.25, -0.2) is 4.79 Å². The third kappa shape index (κ3) is 4.85. The summed E-state index contributed by atoms with van der Waals surface area (Å²) in [6.45, 7) is 9.71. The molecule has 1 aromatic carbocycles. The predicted molar refractivity (Wildman–Crippen MR) is 131 cm³/mol. The Morgan fingerprint density at radius 1 is 1.19 bits per heavy atom. The van der Waals surface area contributed by atoms with Crippen molar-refractivity contribution in [3.63, 3.8) is 0 Å². The summed E-state index contributed by atoms with van der Waals surface area (Å²) in [6, 6.07) is 5.00. The lowest BCUT2D eigenvalue weighted by atomic mass is 9.43. The fraction of sp³-hybridized carbons (Fsp3) is 0.680. The number of hydrogen-bond acceptors (Lipinski definition) is 7. The largest absolute Gasteiger partial charge is 0.482 e. The molecule has 3 aliphatic carbocycles. The number of para-hydroxylation sites is 1. The number of ether oxygens (including phenoxy) is 2. The Morgan fingerprint density at radius 2 is 1.92 bits per heavy atom. The molecular weight excluding hydrogens is 510 g/mol. The topological polar surface area (TPSA) is 83.1 Å². The van der Waals surface area contributed by atoms with Crippen LogP contribution >= 0.6 is 11.8 Å². The number of thioether (sulfide) groups is 1. The van der Waals surface area contributed by atoms with Crippen molar-refractivity contribution in [1.82, 2.24) is 5.32 Å². The zero-order chi connectivity index (χ0) is 27.0. The van der Waals surface area contributed by atoms with Crippen LogP contribution < -0.4 is 10.1 Å². The van der Waals surface area contributed by atoms with E-state index in [1.165, 1.54) is 0 Å². The lowest BCUT2D eigenvalue weighted by Gasteiger charge is -2.64. The highest BCUT2D eigenvalue weighted by Crippen LogP contribution is 2.65. The molecule has 1 amide bonds. The van der Waals surface area contributed by atoms with E-state index < -0.39 is 59.3 Å². The number of esters is 1. The molecule has 202 valence electrons. The molecule has 0 spiro atoms. The maximum Gasteiger partial charge on any atom is 0.482 e. The van der Waals surface area contributed by atoms with E-state index in [9.17, 15) is 22.8 Å². The van der Waals surface area contributed by atoms with Gasteiger partial charge in [0.15, 0.2) is 0 Å². The molecule has 6 rings (SSSR count). The molecular formula is C25H31BF3NO6S. The van der Waals surface area contributed by atoms with E-state index >= 15 is 0 Å². The van der Waals surface area contributed by atoms with Crippen LogP contribution in [0.15, 0.2) is 18.2 Å². The Balaban J connectivity index is 1.42. The molecule has 37 heavy (non-hydrogen) atoms. The molecule has 12 heteroatoms. The Labute approximate surface area is 218 Å². The van der Waals surface area contributed by atoms with Crippen molar-refractivity contribution in [3.05, 3.63) is 29.3 Å². The van der Waals surface area contributed by atoms with Crippen LogP contribution in [0.25, 0.3) is 0 Å². The van der Waals surface area contributed by atoms with Crippen LogP contribution in [0.4, 0.5) is 13.2 Å². The highest BCUT2D eigenvalue weighted by Gasteiger charge is 2.68. The molecule has 2 heterocycles. The number of nitrogens with one attached hydrogen (secondary N) is 1. The van der Waals surface area contributed by atoms with E-state index in [2.05, 4.69) is 19.2 Å². The van der Waals surface area contributed by atoms with Crippen molar-refractivity contribution in [2.24, 2.45) is 17.3 Å². The predicted octanol–water partition coefficient (Wildman–Crippen LogP) is 4.52. The van der Waals surface area contributed by atoms with Crippen molar-refractivity contribution in [1.29, 1.82) is 0 Å². The maximum absolute atomic E-state index is 12.7. The number of halogens is 3. The average Bonchev–Trinajstić information content (AvgIpc) is 3.13. The van der Waals surface area contributed by atoms with Gasteiger partial charge in [-0.2, -0.15) is 13.2 Å². The lowest BCUT2D eigenvalue weighted by molar-refractivity contribution is -0.199. The zero-order valence-electron chi connectivity index (χ0n) is 21.4. The summed E-state index contributed by atoms with van der Waals surface area (Å²) in [4.78, 5) is 25.1. The van der Waals surface area contributed by atoms with Crippen LogP contribution in [0.1, 0.15) is 63.4 Å². The van der Waals surface area contributed by atoms with Crippen LogP contribution in [0.3, 0.4) is 0 Å². The van der Waals surface area contributed by atoms with Crippen molar-refractivity contribution in [2.45, 2.75) is 82.8 Å². The van der Waals surface area contributed by atoms with Gasteiger partial charge in [-0.15, -0.1) is 0 Å². The molecule has 4 fully saturated rings. The average molecular weight is 541 g/mol. The summed E-state index contributed by atoms with van der Waals surface area (Å²) in [5.41, 5.74) is -4.16. The monoisotopic (exact) mass is 541 g/mol. The molecule has 7 nitrogen and oxygen atoms in total. The molecule has 1 N–H and O–H groups in total. The van der Waals surface area contributed by atoms with Gasteiger partial charge in [0.2, 0.25) is 11.7 Å². The molecule has 3 saturated carbocycles. The Hall–Kier alpha value is -1.92. The zero-order valence-corrected chi connectivity index (χ0v) is 22.3. The standard InChI is InChI=1S/C25H31BF3NO6S/c1-22(2)14-10-16(22)24(5)17(11-14)35-26(36-24)18(30-19(31)12-37-25(27,28)29)9-13-7-6-8-15-20(13)33-23(3,4)34-21(15)32/h6-8,14,16-18H,9-12H2,1-5H3,(H,30,31)/t14?,16-,17+,18-,24-/m0/s1. The van der Waals surface area contributed by atoms with E-state index in [-0.39, 0.29) is 29.4 Å². The van der Waals surface area contributed by atoms with Crippen LogP contribution in [0.2, 0.25) is 0 Å². The van der Waals surface area contributed by atoms with Gasteiger partial charge in [-0.05, 0) is 66.8 Å². The minimum Gasteiger partial charge on any atom is -0.452 e. The number of carbonyl (C=O) groups is 2. The summed E-state index contributed by atoms with van der Waals surface area (Å²) in [7, 11) is -0.871. The fourth-order valence-corrected chi connectivity index (χ4v) is 6.87. The molecule has 5 aliphatic rings. The van der Waals surface area contributed by atoms with Gasteiger partial charge in [-0.3, -0.25) is 4.79 Å². The highest BCUT2D eigenvalue weighted by molar-refractivity contribution is 8.00. The molecule has 0 radical (unpaired) electrons. The first-order chi connectivity index (χ1) is 17.1. The fourth-order valence-electron chi connectivity index (χ4n) is 6.49. The van der Waals surface area contributed by atoms with Gasteiger partial charge in [-0.1, -0.05) is 26.0 Å². The summed E-state index contributed by atoms with van der Waals surface area (Å²) >= 11 is -0.398. The van der Waals surface area contributed by atoms with Gasteiger partial charge in [0, 0.05) is 13.8 Å². The minimum absolute atomic E-state index is 0.101. The van der Waals surface area contributed by atoms with Crippen LogP contribution in [-0.4, -0.2) is 53.7 Å². The maximum atomic E-state index is 12.7. The number of fused-ring (bicyclic) bond motifs is 1. The number of carbonyl (C=O) groups excluding carboxylic acids is 2. The molecule has 5 atom stereocenters. The molecule has 1 unspecified atom stereocenters. The SMILES string of the molecule is CC1(C)OC(=O)c2cccc(C[C@H](NC(=O)CSC(F)(F)F)B3O[C@@H]4CC5C[C@@H](C5(C)C)[C@]4(C)O3)c2O1. The Bertz CT molecular complexity index is 1110. The third-order valence-corrected chi connectivity index (χ3v) is 9.19. The molecule has 0 aromatic heterocycles. The second kappa shape index (κ2) is 8.81. The molecule has 1 saturated heterocycles. The first kappa shape index (κ1) is 26.7. The lowest BCUT2D eigenvalue weighted by Crippen LogP contribution is -2.65. The summed E-state index contributed by atoms with van der Waals surface area (Å²) in [5, 5.41) is 2.71. The highest BCUT2D eigenvalue weighted by atomic mass is 32.2. The normalized spacial score (nSPS) is 31.8. The van der Waals surface area contributed by atoms with Gasteiger partial charge >= 0.3 is 18.6 Å². The Kier molecular flexibility index (Phi) is 6.35. The van der Waals surface area contributed by atoms with Gasteiger partial charge in [0.05, 0.1) is 23.4 Å². The second-order valence-electron chi connectivity index (χ2n) is 11.6. The summed E-state index contributed by atoms with van der Waals surface area (Å²) in [6.07, 6.45) is 1.81. The smallest absolute Gasteiger partial charge is 0.452 e. The number of benzene rings is 1. The van der Waals surface area contributed by atoms with Gasteiger partial charge in [0.1, 0.15) is 11.3 Å². The van der Waals surface area contributed by atoms with Crippen LogP contribution in [0, 0.1) is 17.3 Å². The van der Waals surface area contributed by atoms with Crippen molar-refractivity contribution in [2.75, 3.05) is 5.75 Å². The van der Waals surface area contributed by atoms with Crippen LogP contribution in [-0.2, 0) is 25.3 Å². The summed E-state index contributed by atoms with van der Waals surface area (Å²) < 4.78 is 62.4. The first-order valence-corrected chi connectivity index (χ1v) is 13.5. The van der Waals surface area contributed by atoms with Gasteiger partial charge < -0.3 is 24.1 Å². The summed E-state index contributed by atoms with van der Waals surface area (Å²) in [5.74, 6) is -3.01. The Morgan fingerprint density at radius 3 is 2.59 bits per heavy atom. The third-order valence-electron chi connectivity index (χ3n) is 8.45. The van der Waals surface area contributed by atoms with Crippen molar-refractivity contribution < 1.29 is 41.5 Å². The van der Waals surface area contributed by atoms with E-state index in [0.29, 0.717) is 17.2 Å². The van der Waals surface area contributed by atoms with Crippen molar-refractivity contribution in [3.8, 4) is 5.75 Å². The number of hydrogen-bond donors (Lipinski definition) is 1. The number of alkyl halides is 3. The first-order valence-electron chi connectivity index (χ1n) is 12.5. The molecule has 1 aromatic rings. The van der Waals surface area contributed by atoms with E-state index in [1.807, 2.05) is 6.92 Å². The quantitative estimate of drug-likeness (QED) is 0.419. The number of amides is 1. The second-order valence-corrected chi connectivity index (χ2v) is 12.7. The van der Waals surface area contributed by atoms with Gasteiger partial charge in [0.25, 0.3) is 0 Å². The minimum atomic E-state index is -4.53. The number of rotatable bonds is 6. The molecule has 2 aliphatic heterocycles. The number of cyclic esters (lactones) is 1. The van der Waals surface area contributed by atoms with E-state index in [1.54, 1.807) is 32.0 Å². The van der Waals surface area contributed by atoms with E-state index in [4.69, 9.17) is 18.8 Å². The van der Waals surface area contributed by atoms with Crippen LogP contribution in [0.5, 0.6) is 5.75 Å². The van der Waals surface area contributed by atoms with E-state index in [0.717, 1.165) is 12.8 Å². The molecule has 2 bridgehead atoms.